The number of carbonyl (C=O) groups excluding carboxylic acids is 1. The van der Waals surface area contributed by atoms with Gasteiger partial charge in [-0.15, -0.1) is 0 Å². The quantitative estimate of drug-likeness (QED) is 0.929. The monoisotopic (exact) mass is 293 g/mol. The van der Waals surface area contributed by atoms with Crippen LogP contribution in [-0.2, 0) is 4.79 Å². The minimum Gasteiger partial charge on any atom is -0.481 e. The molecule has 20 heavy (non-hydrogen) atoms. The normalized spacial score (nSPS) is 11.8. The van der Waals surface area contributed by atoms with E-state index < -0.39 is 17.8 Å². The molecule has 5 heteroatoms. The van der Waals surface area contributed by atoms with E-state index in [1.807, 2.05) is 6.07 Å². The minimum atomic E-state index is -0.754. The zero-order valence-corrected chi connectivity index (χ0v) is 11.5. The van der Waals surface area contributed by atoms with Crippen molar-refractivity contribution in [1.82, 2.24) is 0 Å². The molecular formula is C15H13ClFNO2. The summed E-state index contributed by atoms with van der Waals surface area (Å²) in [4.78, 5) is 11.9. The molecule has 1 amide bonds. The molecule has 0 saturated carbocycles. The highest BCUT2D eigenvalue weighted by molar-refractivity contribution is 6.30. The zero-order chi connectivity index (χ0) is 14.5. The van der Waals surface area contributed by atoms with E-state index >= 15 is 0 Å². The van der Waals surface area contributed by atoms with Crippen LogP contribution in [0.25, 0.3) is 0 Å². The Morgan fingerprint density at radius 1 is 1.25 bits per heavy atom. The van der Waals surface area contributed by atoms with E-state index in [-0.39, 0.29) is 5.69 Å². The zero-order valence-electron chi connectivity index (χ0n) is 10.8. The van der Waals surface area contributed by atoms with Crippen LogP contribution in [0, 0.1) is 5.82 Å². The fourth-order valence-corrected chi connectivity index (χ4v) is 1.76. The number of benzene rings is 2. The Hall–Kier alpha value is -2.07. The molecule has 0 radical (unpaired) electrons. The van der Waals surface area contributed by atoms with Crippen molar-refractivity contribution < 1.29 is 13.9 Å². The Bertz CT molecular complexity index is 604. The molecule has 1 N–H and O–H groups in total. The fraction of sp³-hybridized carbons (Fsp3) is 0.133. The standard InChI is InChI=1S/C15H13ClFNO2/c1-10(20-12-5-3-2-4-6-12)15(19)18-14-9-11(16)7-8-13(14)17/h2-10H,1H3,(H,18,19)/t10-/m0/s1. The summed E-state index contributed by atoms with van der Waals surface area (Å²) in [6, 6.07) is 12.9. The van der Waals surface area contributed by atoms with Crippen molar-refractivity contribution in [3.8, 4) is 5.75 Å². The Morgan fingerprint density at radius 3 is 2.65 bits per heavy atom. The third-order valence-corrected chi connectivity index (χ3v) is 2.85. The number of carbonyl (C=O) groups is 1. The third-order valence-electron chi connectivity index (χ3n) is 2.61. The number of rotatable bonds is 4. The van der Waals surface area contributed by atoms with Crippen molar-refractivity contribution in [2.24, 2.45) is 0 Å². The van der Waals surface area contributed by atoms with Crippen LogP contribution in [0.2, 0.25) is 5.02 Å². The predicted molar refractivity (Wildman–Crippen MR) is 76.6 cm³/mol. The minimum absolute atomic E-state index is 0.0333. The van der Waals surface area contributed by atoms with Gasteiger partial charge in [0.15, 0.2) is 6.10 Å². The summed E-state index contributed by atoms with van der Waals surface area (Å²) in [6.07, 6.45) is -0.754. The van der Waals surface area contributed by atoms with Crippen LogP contribution in [0.4, 0.5) is 10.1 Å². The van der Waals surface area contributed by atoms with Crippen LogP contribution in [0.3, 0.4) is 0 Å². The number of anilines is 1. The van der Waals surface area contributed by atoms with Crippen molar-refractivity contribution in [3.63, 3.8) is 0 Å². The molecule has 0 aromatic heterocycles. The van der Waals surface area contributed by atoms with Crippen LogP contribution >= 0.6 is 11.6 Å². The number of halogens is 2. The van der Waals surface area contributed by atoms with Gasteiger partial charge in [0.05, 0.1) is 5.69 Å². The first-order valence-corrected chi connectivity index (χ1v) is 6.41. The van der Waals surface area contributed by atoms with Gasteiger partial charge in [-0.3, -0.25) is 4.79 Å². The Kier molecular flexibility index (Phi) is 4.58. The third kappa shape index (κ3) is 3.71. The van der Waals surface area contributed by atoms with Crippen LogP contribution in [0.5, 0.6) is 5.75 Å². The molecule has 0 aliphatic carbocycles. The van der Waals surface area contributed by atoms with Gasteiger partial charge in [0.25, 0.3) is 5.91 Å². The average molecular weight is 294 g/mol. The number of para-hydroxylation sites is 1. The molecule has 1 atom stereocenters. The Labute approximate surface area is 121 Å². The van der Waals surface area contributed by atoms with Crippen molar-refractivity contribution >= 4 is 23.2 Å². The summed E-state index contributed by atoms with van der Waals surface area (Å²) in [7, 11) is 0. The van der Waals surface area contributed by atoms with Crippen molar-refractivity contribution in [1.29, 1.82) is 0 Å². The van der Waals surface area contributed by atoms with E-state index in [0.717, 1.165) is 0 Å². The first-order valence-electron chi connectivity index (χ1n) is 6.04. The molecule has 0 aliphatic heterocycles. The van der Waals surface area contributed by atoms with Gasteiger partial charge in [-0.25, -0.2) is 4.39 Å². The van der Waals surface area contributed by atoms with Crippen LogP contribution < -0.4 is 10.1 Å². The Balaban J connectivity index is 2.02. The molecule has 0 unspecified atom stereocenters. The van der Waals surface area contributed by atoms with Gasteiger partial charge < -0.3 is 10.1 Å². The van der Waals surface area contributed by atoms with Crippen molar-refractivity contribution in [3.05, 3.63) is 59.4 Å². The highest BCUT2D eigenvalue weighted by Crippen LogP contribution is 2.20. The van der Waals surface area contributed by atoms with Gasteiger partial charge in [0.2, 0.25) is 0 Å². The van der Waals surface area contributed by atoms with Crippen molar-refractivity contribution in [2.75, 3.05) is 5.32 Å². The molecule has 0 aliphatic rings. The summed E-state index contributed by atoms with van der Waals surface area (Å²) in [5.74, 6) is -0.425. The van der Waals surface area contributed by atoms with Gasteiger partial charge in [-0.1, -0.05) is 29.8 Å². The van der Waals surface area contributed by atoms with E-state index in [2.05, 4.69) is 5.32 Å². The smallest absolute Gasteiger partial charge is 0.265 e. The van der Waals surface area contributed by atoms with E-state index in [4.69, 9.17) is 16.3 Å². The van der Waals surface area contributed by atoms with Crippen LogP contribution in [0.15, 0.2) is 48.5 Å². The van der Waals surface area contributed by atoms with E-state index in [1.54, 1.807) is 31.2 Å². The van der Waals surface area contributed by atoms with Gasteiger partial charge >= 0.3 is 0 Å². The second-order valence-corrected chi connectivity index (χ2v) is 4.62. The molecule has 2 aromatic rings. The Morgan fingerprint density at radius 2 is 1.95 bits per heavy atom. The van der Waals surface area contributed by atoms with Gasteiger partial charge in [0.1, 0.15) is 11.6 Å². The lowest BCUT2D eigenvalue weighted by atomic mass is 10.2. The number of hydrogen-bond acceptors (Lipinski definition) is 2. The lowest BCUT2D eigenvalue weighted by molar-refractivity contribution is -0.122. The second kappa shape index (κ2) is 6.39. The second-order valence-electron chi connectivity index (χ2n) is 4.19. The average Bonchev–Trinajstić information content (AvgIpc) is 2.44. The van der Waals surface area contributed by atoms with E-state index in [9.17, 15) is 9.18 Å². The lowest BCUT2D eigenvalue weighted by Gasteiger charge is -2.15. The fourth-order valence-electron chi connectivity index (χ4n) is 1.58. The van der Waals surface area contributed by atoms with E-state index in [0.29, 0.717) is 10.8 Å². The van der Waals surface area contributed by atoms with Gasteiger partial charge in [-0.05, 0) is 37.3 Å². The first-order chi connectivity index (χ1) is 9.56. The molecular weight excluding hydrogens is 281 g/mol. The van der Waals surface area contributed by atoms with E-state index in [1.165, 1.54) is 18.2 Å². The molecule has 0 bridgehead atoms. The van der Waals surface area contributed by atoms with Crippen LogP contribution in [-0.4, -0.2) is 12.0 Å². The van der Waals surface area contributed by atoms with Gasteiger partial charge in [-0.2, -0.15) is 0 Å². The summed E-state index contributed by atoms with van der Waals surface area (Å²) < 4.78 is 19.0. The summed E-state index contributed by atoms with van der Waals surface area (Å²) in [6.45, 7) is 1.59. The van der Waals surface area contributed by atoms with Gasteiger partial charge in [0, 0.05) is 5.02 Å². The molecule has 0 fully saturated rings. The molecule has 2 aromatic carbocycles. The van der Waals surface area contributed by atoms with Crippen molar-refractivity contribution in [2.45, 2.75) is 13.0 Å². The highest BCUT2D eigenvalue weighted by Gasteiger charge is 2.16. The number of amides is 1. The maximum Gasteiger partial charge on any atom is 0.265 e. The summed E-state index contributed by atoms with van der Waals surface area (Å²) in [5.41, 5.74) is 0.0333. The number of hydrogen-bond donors (Lipinski definition) is 1. The maximum absolute atomic E-state index is 13.5. The predicted octanol–water partition coefficient (Wildman–Crippen LogP) is 3.89. The van der Waals surface area contributed by atoms with Crippen LogP contribution in [0.1, 0.15) is 6.92 Å². The first kappa shape index (κ1) is 14.3. The molecule has 0 saturated heterocycles. The SMILES string of the molecule is C[C@H](Oc1ccccc1)C(=O)Nc1cc(Cl)ccc1F. The largest absolute Gasteiger partial charge is 0.481 e. The summed E-state index contributed by atoms with van der Waals surface area (Å²) in [5, 5.41) is 2.79. The molecule has 3 nitrogen and oxygen atoms in total. The topological polar surface area (TPSA) is 38.3 Å². The molecule has 0 spiro atoms. The molecule has 0 heterocycles. The molecule has 104 valence electrons. The molecule has 2 rings (SSSR count). The number of nitrogens with one attached hydrogen (secondary N) is 1. The summed E-state index contributed by atoms with van der Waals surface area (Å²) >= 11 is 5.76. The maximum atomic E-state index is 13.5. The number of ether oxygens (including phenoxy) is 1. The highest BCUT2D eigenvalue weighted by atomic mass is 35.5. The lowest BCUT2D eigenvalue weighted by Crippen LogP contribution is -2.30.